The third kappa shape index (κ3) is 12.3. The third-order valence-corrected chi connectivity index (χ3v) is 4.90. The summed E-state index contributed by atoms with van der Waals surface area (Å²) < 4.78 is 21.8. The molecule has 186 valence electrons. The highest BCUT2D eigenvalue weighted by atomic mass is 16.5. The first-order chi connectivity index (χ1) is 16.6. The van der Waals surface area contributed by atoms with Gasteiger partial charge in [-0.1, -0.05) is 42.0 Å². The summed E-state index contributed by atoms with van der Waals surface area (Å²) in [6.45, 7) is 5.20. The molecule has 0 radical (unpaired) electrons. The minimum absolute atomic E-state index is 0.0249. The largest absolute Gasteiger partial charge is 0.491 e. The Morgan fingerprint density at radius 3 is 2.18 bits per heavy atom. The van der Waals surface area contributed by atoms with Gasteiger partial charge in [0.25, 0.3) is 0 Å². The van der Waals surface area contributed by atoms with Gasteiger partial charge in [-0.2, -0.15) is 0 Å². The summed E-state index contributed by atoms with van der Waals surface area (Å²) in [5.74, 6) is 0.638. The smallest absolute Gasteiger partial charge is 0.245 e. The highest BCUT2D eigenvalue weighted by molar-refractivity contribution is 5.76. The molecule has 0 aromatic heterocycles. The lowest BCUT2D eigenvalue weighted by Crippen LogP contribution is -2.26. The molecule has 8 heteroatoms. The Bertz CT molecular complexity index is 839. The first kappa shape index (κ1) is 27.3. The molecule has 0 saturated heterocycles. The Kier molecular flexibility index (Phi) is 13.4. The van der Waals surface area contributed by atoms with E-state index in [9.17, 15) is 9.59 Å². The molecule has 0 fully saturated rings. The minimum Gasteiger partial charge on any atom is -0.491 e. The highest BCUT2D eigenvalue weighted by Crippen LogP contribution is 2.11. The number of carbonyl (C=O) groups is 2. The lowest BCUT2D eigenvalue weighted by molar-refractivity contribution is -0.125. The molecule has 0 atom stereocenters. The number of carbonyl (C=O) groups excluding carboxylic acids is 2. The fourth-order valence-electron chi connectivity index (χ4n) is 2.90. The molecule has 8 nitrogen and oxygen atoms in total. The zero-order chi connectivity index (χ0) is 24.4. The van der Waals surface area contributed by atoms with Crippen molar-refractivity contribution in [3.63, 3.8) is 0 Å². The first-order valence-electron chi connectivity index (χ1n) is 11.5. The molecular formula is C26H36N2O6. The number of aryl methyl sites for hydroxylation is 1. The number of hydrogen-bond acceptors (Lipinski definition) is 6. The maximum Gasteiger partial charge on any atom is 0.245 e. The second kappa shape index (κ2) is 16.6. The predicted octanol–water partition coefficient (Wildman–Crippen LogP) is 2.42. The summed E-state index contributed by atoms with van der Waals surface area (Å²) in [6.07, 6.45) is 1.08. The van der Waals surface area contributed by atoms with Crippen LogP contribution in [0.2, 0.25) is 0 Å². The zero-order valence-corrected chi connectivity index (χ0v) is 20.1. The van der Waals surface area contributed by atoms with Gasteiger partial charge in [-0.3, -0.25) is 9.59 Å². The monoisotopic (exact) mass is 472 g/mol. The SMILES string of the molecule is CNC(=O)COCCOCc1ccc(CCNC(=O)CCOCCOc2ccc(C)cc2)cc1. The van der Waals surface area contributed by atoms with Crippen LogP contribution in [0.1, 0.15) is 23.1 Å². The molecule has 0 bridgehead atoms. The van der Waals surface area contributed by atoms with Crippen molar-refractivity contribution < 1.29 is 28.5 Å². The van der Waals surface area contributed by atoms with E-state index in [-0.39, 0.29) is 18.4 Å². The first-order valence-corrected chi connectivity index (χ1v) is 11.5. The van der Waals surface area contributed by atoms with E-state index in [1.807, 2.05) is 55.5 Å². The molecule has 0 aliphatic rings. The summed E-state index contributed by atoms with van der Waals surface area (Å²) in [4.78, 5) is 23.0. The van der Waals surface area contributed by atoms with Crippen molar-refractivity contribution >= 4 is 11.8 Å². The van der Waals surface area contributed by atoms with Crippen LogP contribution < -0.4 is 15.4 Å². The van der Waals surface area contributed by atoms with E-state index >= 15 is 0 Å². The van der Waals surface area contributed by atoms with Crippen LogP contribution >= 0.6 is 0 Å². The second-order valence-electron chi connectivity index (χ2n) is 7.72. The molecule has 0 aliphatic heterocycles. The summed E-state index contributed by atoms with van der Waals surface area (Å²) in [5, 5.41) is 5.41. The lowest BCUT2D eigenvalue weighted by atomic mass is 10.1. The van der Waals surface area contributed by atoms with Crippen molar-refractivity contribution in [2.24, 2.45) is 0 Å². The molecule has 0 spiro atoms. The van der Waals surface area contributed by atoms with Crippen LogP contribution in [0.5, 0.6) is 5.75 Å². The van der Waals surface area contributed by atoms with Crippen LogP contribution in [0, 0.1) is 6.92 Å². The topological polar surface area (TPSA) is 95.1 Å². The number of nitrogens with one attached hydrogen (secondary N) is 2. The van der Waals surface area contributed by atoms with Crippen molar-refractivity contribution in [1.82, 2.24) is 10.6 Å². The molecular weight excluding hydrogens is 436 g/mol. The fourth-order valence-corrected chi connectivity index (χ4v) is 2.90. The number of rotatable bonds is 17. The van der Waals surface area contributed by atoms with Crippen LogP contribution in [0.4, 0.5) is 0 Å². The highest BCUT2D eigenvalue weighted by Gasteiger charge is 2.03. The van der Waals surface area contributed by atoms with Crippen molar-refractivity contribution in [2.45, 2.75) is 26.4 Å². The molecule has 2 aromatic rings. The van der Waals surface area contributed by atoms with Crippen molar-refractivity contribution in [2.75, 3.05) is 53.2 Å². The van der Waals surface area contributed by atoms with Gasteiger partial charge in [-0.05, 0) is 36.6 Å². The average molecular weight is 473 g/mol. The summed E-state index contributed by atoms with van der Waals surface area (Å²) >= 11 is 0. The van der Waals surface area contributed by atoms with Crippen LogP contribution in [0.15, 0.2) is 48.5 Å². The average Bonchev–Trinajstić information content (AvgIpc) is 2.85. The van der Waals surface area contributed by atoms with Gasteiger partial charge in [0.1, 0.15) is 19.0 Å². The van der Waals surface area contributed by atoms with Gasteiger partial charge in [-0.25, -0.2) is 0 Å². The second-order valence-corrected chi connectivity index (χ2v) is 7.72. The maximum absolute atomic E-state index is 11.9. The van der Waals surface area contributed by atoms with Crippen molar-refractivity contribution in [3.8, 4) is 5.75 Å². The summed E-state index contributed by atoms with van der Waals surface area (Å²) in [7, 11) is 1.57. The number of likely N-dealkylation sites (N-methyl/N-ethyl adjacent to an activating group) is 1. The van der Waals surface area contributed by atoms with Gasteiger partial charge >= 0.3 is 0 Å². The van der Waals surface area contributed by atoms with E-state index in [2.05, 4.69) is 10.6 Å². The van der Waals surface area contributed by atoms with Crippen LogP contribution in [-0.4, -0.2) is 65.0 Å². The number of amides is 2. The summed E-state index contributed by atoms with van der Waals surface area (Å²) in [6, 6.07) is 15.9. The van der Waals surface area contributed by atoms with Gasteiger partial charge in [0.15, 0.2) is 0 Å². The van der Waals surface area contributed by atoms with E-state index in [1.54, 1.807) is 7.05 Å². The third-order valence-electron chi connectivity index (χ3n) is 4.90. The Morgan fingerprint density at radius 1 is 0.765 bits per heavy atom. The molecule has 0 unspecified atom stereocenters. The minimum atomic E-state index is -0.153. The Balaban J connectivity index is 1.46. The zero-order valence-electron chi connectivity index (χ0n) is 20.1. The number of hydrogen-bond donors (Lipinski definition) is 2. The van der Waals surface area contributed by atoms with Crippen LogP contribution in [-0.2, 0) is 36.8 Å². The van der Waals surface area contributed by atoms with Crippen molar-refractivity contribution in [1.29, 1.82) is 0 Å². The van der Waals surface area contributed by atoms with E-state index in [1.165, 1.54) is 5.56 Å². The van der Waals surface area contributed by atoms with E-state index in [0.717, 1.165) is 23.3 Å². The van der Waals surface area contributed by atoms with Gasteiger partial charge in [-0.15, -0.1) is 0 Å². The number of ether oxygens (including phenoxy) is 4. The van der Waals surface area contributed by atoms with E-state index < -0.39 is 0 Å². The van der Waals surface area contributed by atoms with Gasteiger partial charge in [0, 0.05) is 20.0 Å². The summed E-state index contributed by atoms with van der Waals surface area (Å²) in [5.41, 5.74) is 3.39. The quantitative estimate of drug-likeness (QED) is 0.344. The maximum atomic E-state index is 11.9. The lowest BCUT2D eigenvalue weighted by Gasteiger charge is -2.09. The fraction of sp³-hybridized carbons (Fsp3) is 0.462. The molecule has 34 heavy (non-hydrogen) atoms. The molecule has 0 saturated carbocycles. The molecule has 2 aromatic carbocycles. The van der Waals surface area contributed by atoms with Gasteiger partial charge in [0.2, 0.25) is 11.8 Å². The Hall–Kier alpha value is -2.94. The molecule has 0 heterocycles. The Labute approximate surface area is 201 Å². The van der Waals surface area contributed by atoms with Gasteiger partial charge < -0.3 is 29.6 Å². The molecule has 2 N–H and O–H groups in total. The standard InChI is InChI=1S/C26H36N2O6/c1-21-3-9-24(10-4-21)34-18-17-31-14-12-25(29)28-13-11-22-5-7-23(8-6-22)19-32-15-16-33-20-26(30)27-2/h3-10H,11-20H2,1-2H3,(H,27,30)(H,28,29). The van der Waals surface area contributed by atoms with Gasteiger partial charge in [0.05, 0.1) is 33.0 Å². The normalized spacial score (nSPS) is 10.6. The molecule has 2 rings (SSSR count). The Morgan fingerprint density at radius 2 is 1.44 bits per heavy atom. The van der Waals surface area contributed by atoms with Crippen LogP contribution in [0.25, 0.3) is 0 Å². The van der Waals surface area contributed by atoms with E-state index in [4.69, 9.17) is 18.9 Å². The van der Waals surface area contributed by atoms with E-state index in [0.29, 0.717) is 52.6 Å². The predicted molar refractivity (Wildman–Crippen MR) is 130 cm³/mol. The molecule has 0 aliphatic carbocycles. The van der Waals surface area contributed by atoms with Crippen LogP contribution in [0.3, 0.4) is 0 Å². The number of benzene rings is 2. The molecule has 2 amide bonds. The van der Waals surface area contributed by atoms with Crippen molar-refractivity contribution in [3.05, 3.63) is 65.2 Å².